The summed E-state index contributed by atoms with van der Waals surface area (Å²) in [6.07, 6.45) is 2.71. The zero-order valence-electron chi connectivity index (χ0n) is 10.6. The Balaban J connectivity index is 1.92. The minimum atomic E-state index is 0.371. The van der Waals surface area contributed by atoms with Crippen LogP contribution in [0.25, 0.3) is 0 Å². The third-order valence-electron chi connectivity index (χ3n) is 3.23. The molecule has 100 valence electrons. The normalized spacial score (nSPS) is 19.6. The Morgan fingerprint density at radius 2 is 2.33 bits per heavy atom. The topological polar surface area (TPSA) is 38.5 Å². The van der Waals surface area contributed by atoms with Gasteiger partial charge in [-0.05, 0) is 30.5 Å². The first-order chi connectivity index (χ1) is 8.78. The minimum Gasteiger partial charge on any atom is -0.377 e. The van der Waals surface area contributed by atoms with Gasteiger partial charge in [-0.25, -0.2) is 0 Å². The van der Waals surface area contributed by atoms with Crippen LogP contribution in [0.1, 0.15) is 18.4 Å². The molecule has 1 aromatic carbocycles. The van der Waals surface area contributed by atoms with Crippen molar-refractivity contribution in [3.8, 4) is 0 Å². The van der Waals surface area contributed by atoms with Crippen LogP contribution >= 0.6 is 11.6 Å². The van der Waals surface area contributed by atoms with E-state index in [2.05, 4.69) is 11.0 Å². The van der Waals surface area contributed by atoms with Gasteiger partial charge >= 0.3 is 0 Å². The molecule has 3 nitrogen and oxygen atoms in total. The molecule has 0 aromatic heterocycles. The molecule has 0 saturated carbocycles. The Hall–Kier alpha value is -0.610. The Bertz CT molecular complexity index is 367. The van der Waals surface area contributed by atoms with Gasteiger partial charge in [0.1, 0.15) is 0 Å². The van der Waals surface area contributed by atoms with E-state index in [9.17, 15) is 0 Å². The molecule has 1 aromatic rings. The van der Waals surface area contributed by atoms with Gasteiger partial charge < -0.3 is 10.5 Å². The lowest BCUT2D eigenvalue weighted by molar-refractivity contribution is 0.0717. The van der Waals surface area contributed by atoms with Gasteiger partial charge in [0, 0.05) is 37.8 Å². The largest absolute Gasteiger partial charge is 0.377 e. The minimum absolute atomic E-state index is 0.371. The Kier molecular flexibility index (Phi) is 5.45. The van der Waals surface area contributed by atoms with Crippen LogP contribution in [0.3, 0.4) is 0 Å². The molecule has 18 heavy (non-hydrogen) atoms. The standard InChI is InChI=1S/C14H21ClN2O/c15-13-4-1-3-12(9-13)10-17(7-6-16)11-14-5-2-8-18-14/h1,3-4,9,14H,2,5-8,10-11,16H2. The van der Waals surface area contributed by atoms with Crippen molar-refractivity contribution in [3.05, 3.63) is 34.9 Å². The van der Waals surface area contributed by atoms with Crippen molar-refractivity contribution in [2.75, 3.05) is 26.2 Å². The van der Waals surface area contributed by atoms with E-state index < -0.39 is 0 Å². The molecule has 2 N–H and O–H groups in total. The van der Waals surface area contributed by atoms with Crippen LogP contribution in [-0.2, 0) is 11.3 Å². The Labute approximate surface area is 114 Å². The predicted octanol–water partition coefficient (Wildman–Crippen LogP) is 2.28. The number of halogens is 1. The van der Waals surface area contributed by atoms with Crippen LogP contribution in [0.15, 0.2) is 24.3 Å². The van der Waals surface area contributed by atoms with E-state index in [0.717, 1.165) is 37.7 Å². The zero-order valence-corrected chi connectivity index (χ0v) is 11.4. The highest BCUT2D eigenvalue weighted by Crippen LogP contribution is 2.16. The summed E-state index contributed by atoms with van der Waals surface area (Å²) < 4.78 is 5.68. The molecular formula is C14H21ClN2O. The first-order valence-corrected chi connectivity index (χ1v) is 6.94. The summed E-state index contributed by atoms with van der Waals surface area (Å²) in [6.45, 7) is 4.32. The number of ether oxygens (including phenoxy) is 1. The summed E-state index contributed by atoms with van der Waals surface area (Å²) >= 11 is 6.01. The van der Waals surface area contributed by atoms with Gasteiger partial charge in [-0.3, -0.25) is 4.90 Å². The third kappa shape index (κ3) is 4.25. The fourth-order valence-electron chi connectivity index (χ4n) is 2.39. The number of nitrogens with two attached hydrogens (primary N) is 1. The van der Waals surface area contributed by atoms with Crippen molar-refractivity contribution in [3.63, 3.8) is 0 Å². The molecule has 0 aliphatic carbocycles. The van der Waals surface area contributed by atoms with E-state index in [1.165, 1.54) is 12.0 Å². The summed E-state index contributed by atoms with van der Waals surface area (Å²) in [6, 6.07) is 8.01. The van der Waals surface area contributed by atoms with E-state index in [4.69, 9.17) is 22.1 Å². The number of rotatable bonds is 6. The number of hydrogen-bond acceptors (Lipinski definition) is 3. The van der Waals surface area contributed by atoms with Gasteiger partial charge in [0.15, 0.2) is 0 Å². The van der Waals surface area contributed by atoms with Crippen molar-refractivity contribution < 1.29 is 4.74 Å². The van der Waals surface area contributed by atoms with Gasteiger partial charge in [-0.1, -0.05) is 23.7 Å². The van der Waals surface area contributed by atoms with Crippen LogP contribution in [0.5, 0.6) is 0 Å². The third-order valence-corrected chi connectivity index (χ3v) is 3.46. The fraction of sp³-hybridized carbons (Fsp3) is 0.571. The van der Waals surface area contributed by atoms with Gasteiger partial charge in [-0.15, -0.1) is 0 Å². The molecule has 0 spiro atoms. The van der Waals surface area contributed by atoms with Crippen molar-refractivity contribution in [2.45, 2.75) is 25.5 Å². The average Bonchev–Trinajstić information content (AvgIpc) is 2.82. The van der Waals surface area contributed by atoms with Crippen LogP contribution in [0.2, 0.25) is 5.02 Å². The average molecular weight is 269 g/mol. The second-order valence-corrected chi connectivity index (χ2v) is 5.23. The second kappa shape index (κ2) is 7.10. The maximum absolute atomic E-state index is 6.01. The molecule has 1 aliphatic rings. The van der Waals surface area contributed by atoms with Crippen LogP contribution < -0.4 is 5.73 Å². The van der Waals surface area contributed by atoms with Gasteiger partial charge in [0.05, 0.1) is 6.10 Å². The van der Waals surface area contributed by atoms with Crippen LogP contribution in [0, 0.1) is 0 Å². The quantitative estimate of drug-likeness (QED) is 0.860. The molecule has 1 unspecified atom stereocenters. The highest BCUT2D eigenvalue weighted by Gasteiger charge is 2.18. The lowest BCUT2D eigenvalue weighted by Gasteiger charge is -2.24. The summed E-state index contributed by atoms with van der Waals surface area (Å²) in [4.78, 5) is 2.35. The highest BCUT2D eigenvalue weighted by molar-refractivity contribution is 6.30. The van der Waals surface area contributed by atoms with E-state index in [1.54, 1.807) is 0 Å². The summed E-state index contributed by atoms with van der Waals surface area (Å²) in [5.74, 6) is 0. The van der Waals surface area contributed by atoms with E-state index in [1.807, 2.05) is 18.2 Å². The summed E-state index contributed by atoms with van der Waals surface area (Å²) in [5.41, 5.74) is 6.91. The first kappa shape index (κ1) is 13.8. The highest BCUT2D eigenvalue weighted by atomic mass is 35.5. The molecule has 1 fully saturated rings. The Morgan fingerprint density at radius 1 is 1.44 bits per heavy atom. The van der Waals surface area contributed by atoms with Gasteiger partial charge in [0.2, 0.25) is 0 Å². The SMILES string of the molecule is NCCN(Cc1cccc(Cl)c1)CC1CCCO1. The monoisotopic (exact) mass is 268 g/mol. The number of benzene rings is 1. The molecule has 0 radical (unpaired) electrons. The lowest BCUT2D eigenvalue weighted by Crippen LogP contribution is -2.35. The molecule has 0 bridgehead atoms. The first-order valence-electron chi connectivity index (χ1n) is 6.56. The molecule has 1 aliphatic heterocycles. The van der Waals surface area contributed by atoms with Crippen molar-refractivity contribution in [1.82, 2.24) is 4.90 Å². The van der Waals surface area contributed by atoms with Crippen molar-refractivity contribution in [2.24, 2.45) is 5.73 Å². The van der Waals surface area contributed by atoms with Gasteiger partial charge in [0.25, 0.3) is 0 Å². The Morgan fingerprint density at radius 3 is 3.00 bits per heavy atom. The van der Waals surface area contributed by atoms with E-state index >= 15 is 0 Å². The molecule has 1 atom stereocenters. The molecular weight excluding hydrogens is 248 g/mol. The molecule has 1 heterocycles. The summed E-state index contributed by atoms with van der Waals surface area (Å²) in [7, 11) is 0. The predicted molar refractivity (Wildman–Crippen MR) is 74.8 cm³/mol. The van der Waals surface area contributed by atoms with Crippen LogP contribution in [0.4, 0.5) is 0 Å². The molecule has 4 heteroatoms. The smallest absolute Gasteiger partial charge is 0.0702 e. The van der Waals surface area contributed by atoms with Gasteiger partial charge in [-0.2, -0.15) is 0 Å². The van der Waals surface area contributed by atoms with Crippen molar-refractivity contribution in [1.29, 1.82) is 0 Å². The fourth-order valence-corrected chi connectivity index (χ4v) is 2.60. The molecule has 0 amide bonds. The van der Waals surface area contributed by atoms with E-state index in [-0.39, 0.29) is 0 Å². The molecule has 1 saturated heterocycles. The van der Waals surface area contributed by atoms with Crippen LogP contribution in [-0.4, -0.2) is 37.2 Å². The second-order valence-electron chi connectivity index (χ2n) is 4.79. The lowest BCUT2D eigenvalue weighted by atomic mass is 10.2. The van der Waals surface area contributed by atoms with E-state index in [0.29, 0.717) is 12.6 Å². The number of nitrogens with zero attached hydrogens (tertiary/aromatic N) is 1. The number of hydrogen-bond donors (Lipinski definition) is 1. The molecule has 2 rings (SSSR count). The maximum Gasteiger partial charge on any atom is 0.0702 e. The van der Waals surface area contributed by atoms with Crippen molar-refractivity contribution >= 4 is 11.6 Å². The zero-order chi connectivity index (χ0) is 12.8. The maximum atomic E-state index is 6.01. The summed E-state index contributed by atoms with van der Waals surface area (Å²) in [5, 5.41) is 0.789.